The first-order valence-electron chi connectivity index (χ1n) is 15.3. The Labute approximate surface area is 261 Å². The first kappa shape index (κ1) is 33.3. The van der Waals surface area contributed by atoms with E-state index in [1.165, 1.54) is 5.56 Å². The van der Waals surface area contributed by atoms with Crippen molar-refractivity contribution >= 4 is 36.5 Å². The van der Waals surface area contributed by atoms with E-state index in [0.717, 1.165) is 29.5 Å². The Balaban J connectivity index is 1.63. The van der Waals surface area contributed by atoms with Crippen molar-refractivity contribution in [1.82, 2.24) is 10.6 Å². The summed E-state index contributed by atoms with van der Waals surface area (Å²) >= 11 is 5.67. The number of amides is 1. The molecule has 0 bridgehead atoms. The first-order chi connectivity index (χ1) is 20.3. The molecule has 0 aromatic heterocycles. The SMILES string of the molecule is CCOP(=O)(OCC)C(NC(=S)NC(=O)[C@]1(C)CCC[C@]2(C)c3ccc(C(C)C)cc3/C(=N\O)CC12)c1ccc(C)cc1. The van der Waals surface area contributed by atoms with E-state index in [2.05, 4.69) is 54.8 Å². The lowest BCUT2D eigenvalue weighted by Crippen LogP contribution is -2.58. The molecule has 0 saturated heterocycles. The normalized spacial score (nSPS) is 25.1. The van der Waals surface area contributed by atoms with Crippen LogP contribution < -0.4 is 10.6 Å². The number of aryl methyl sites for hydroxylation is 1. The fraction of sp³-hybridized carbons (Fsp3) is 0.545. The number of oxime groups is 1. The van der Waals surface area contributed by atoms with Gasteiger partial charge >= 0.3 is 7.60 Å². The van der Waals surface area contributed by atoms with Crippen molar-refractivity contribution in [2.24, 2.45) is 16.5 Å². The minimum atomic E-state index is -3.70. The van der Waals surface area contributed by atoms with E-state index in [1.54, 1.807) is 13.8 Å². The Morgan fingerprint density at radius 3 is 2.30 bits per heavy atom. The van der Waals surface area contributed by atoms with Crippen LogP contribution in [0.4, 0.5) is 0 Å². The quantitative estimate of drug-likeness (QED) is 0.113. The number of carbonyl (C=O) groups is 1. The molecule has 0 spiro atoms. The lowest BCUT2D eigenvalue weighted by molar-refractivity contribution is -0.136. The van der Waals surface area contributed by atoms with Gasteiger partial charge in [-0.3, -0.25) is 9.36 Å². The maximum absolute atomic E-state index is 14.2. The number of thiocarbonyl (C=S) groups is 1. The first-order valence-corrected chi connectivity index (χ1v) is 17.3. The molecule has 2 aromatic carbocycles. The Kier molecular flexibility index (Phi) is 10.2. The van der Waals surface area contributed by atoms with Crippen LogP contribution in [0.5, 0.6) is 0 Å². The number of carbonyl (C=O) groups excluding carboxylic acids is 1. The smallest absolute Gasteiger partial charge is 0.357 e. The van der Waals surface area contributed by atoms with Crippen molar-refractivity contribution in [3.8, 4) is 0 Å². The molecule has 1 fully saturated rings. The van der Waals surface area contributed by atoms with E-state index < -0.39 is 18.8 Å². The fourth-order valence-corrected chi connectivity index (χ4v) is 9.24. The van der Waals surface area contributed by atoms with Crippen LogP contribution in [0.3, 0.4) is 0 Å². The average Bonchev–Trinajstić information content (AvgIpc) is 2.96. The Bertz CT molecular complexity index is 1420. The third-order valence-corrected chi connectivity index (χ3v) is 11.9. The number of benzene rings is 2. The number of nitrogens with zero attached hydrogens (tertiary/aromatic N) is 1. The number of hydrogen-bond donors (Lipinski definition) is 3. The van der Waals surface area contributed by atoms with Crippen molar-refractivity contribution in [2.45, 2.75) is 91.3 Å². The highest BCUT2D eigenvalue weighted by Crippen LogP contribution is 2.60. The molecule has 2 aromatic rings. The van der Waals surface area contributed by atoms with Crippen molar-refractivity contribution in [3.63, 3.8) is 0 Å². The summed E-state index contributed by atoms with van der Waals surface area (Å²) in [6.07, 6.45) is 2.93. The molecule has 2 aliphatic rings. The van der Waals surface area contributed by atoms with Gasteiger partial charge in [-0.1, -0.05) is 81.2 Å². The molecule has 2 aliphatic carbocycles. The average molecular weight is 628 g/mol. The second kappa shape index (κ2) is 13.2. The van der Waals surface area contributed by atoms with Crippen LogP contribution in [0.25, 0.3) is 0 Å². The summed E-state index contributed by atoms with van der Waals surface area (Å²) in [6.45, 7) is 14.4. The highest BCUT2D eigenvalue weighted by Gasteiger charge is 2.56. The summed E-state index contributed by atoms with van der Waals surface area (Å²) in [5.41, 5.74) is 4.53. The van der Waals surface area contributed by atoms with Gasteiger partial charge in [-0.05, 0) is 92.3 Å². The van der Waals surface area contributed by atoms with Crippen LogP contribution in [0, 0.1) is 18.3 Å². The van der Waals surface area contributed by atoms with Gasteiger partial charge in [0.15, 0.2) is 10.9 Å². The molecule has 4 atom stereocenters. The summed E-state index contributed by atoms with van der Waals surface area (Å²) in [5, 5.41) is 19.9. The molecule has 234 valence electrons. The van der Waals surface area contributed by atoms with Gasteiger partial charge in [-0.25, -0.2) is 0 Å². The predicted molar refractivity (Wildman–Crippen MR) is 175 cm³/mol. The van der Waals surface area contributed by atoms with Gasteiger partial charge in [0.1, 0.15) is 0 Å². The molecule has 3 N–H and O–H groups in total. The van der Waals surface area contributed by atoms with Gasteiger partial charge in [0.25, 0.3) is 0 Å². The minimum absolute atomic E-state index is 0.0533. The summed E-state index contributed by atoms with van der Waals surface area (Å²) in [5.74, 6) is -0.900. The molecular formula is C33H46N3O5PS. The van der Waals surface area contributed by atoms with E-state index in [0.29, 0.717) is 30.0 Å². The highest BCUT2D eigenvalue weighted by molar-refractivity contribution is 7.80. The van der Waals surface area contributed by atoms with Gasteiger partial charge in [0, 0.05) is 5.56 Å². The zero-order valence-electron chi connectivity index (χ0n) is 26.4. The summed E-state index contributed by atoms with van der Waals surface area (Å²) in [4.78, 5) is 14.2. The monoisotopic (exact) mass is 627 g/mol. The lowest BCUT2D eigenvalue weighted by atomic mass is 9.49. The van der Waals surface area contributed by atoms with Crippen molar-refractivity contribution in [3.05, 3.63) is 70.3 Å². The minimum Gasteiger partial charge on any atom is -0.411 e. The van der Waals surface area contributed by atoms with Crippen LogP contribution in [0.2, 0.25) is 0 Å². The summed E-state index contributed by atoms with van der Waals surface area (Å²) in [7, 11) is -3.70. The van der Waals surface area contributed by atoms with E-state index in [4.69, 9.17) is 21.3 Å². The maximum atomic E-state index is 14.2. The summed E-state index contributed by atoms with van der Waals surface area (Å²) < 4.78 is 25.3. The summed E-state index contributed by atoms with van der Waals surface area (Å²) in [6, 6.07) is 14.0. The zero-order chi connectivity index (χ0) is 31.6. The Morgan fingerprint density at radius 1 is 1.09 bits per heavy atom. The molecule has 10 heteroatoms. The largest absolute Gasteiger partial charge is 0.411 e. The van der Waals surface area contributed by atoms with Crippen molar-refractivity contribution < 1.29 is 23.6 Å². The van der Waals surface area contributed by atoms with E-state index >= 15 is 0 Å². The lowest BCUT2D eigenvalue weighted by Gasteiger charge is -2.54. The van der Waals surface area contributed by atoms with Crippen LogP contribution in [-0.4, -0.2) is 35.2 Å². The molecule has 2 unspecified atom stereocenters. The number of rotatable bonds is 9. The van der Waals surface area contributed by atoms with Crippen molar-refractivity contribution in [2.75, 3.05) is 13.2 Å². The van der Waals surface area contributed by atoms with Crippen molar-refractivity contribution in [1.29, 1.82) is 0 Å². The van der Waals surface area contributed by atoms with Crippen LogP contribution in [0.1, 0.15) is 107 Å². The second-order valence-electron chi connectivity index (χ2n) is 12.6. The van der Waals surface area contributed by atoms with Crippen LogP contribution >= 0.6 is 19.8 Å². The molecule has 8 nitrogen and oxygen atoms in total. The molecule has 43 heavy (non-hydrogen) atoms. The third kappa shape index (κ3) is 6.46. The van der Waals surface area contributed by atoms with Gasteiger partial charge in [0.05, 0.1) is 24.3 Å². The Hall–Kier alpha value is -2.58. The standard InChI is InChI=1S/C33H46N3O5PS/c1-8-40-42(39,41-9-2)29(23-13-11-22(5)12-14-23)34-31(43)35-30(37)33(7)18-10-17-32(6)26-16-15-24(21(3)4)19-25(26)27(36-38)20-28(32)33/h11-16,19,21,28-29,38H,8-10,17-18,20H2,1-7H3,(H2,34,35,37,43)/b36-27-/t28?,29?,32-,33-/m1/s1. The van der Waals surface area contributed by atoms with Gasteiger partial charge in [-0.2, -0.15) is 0 Å². The molecule has 0 aliphatic heterocycles. The Morgan fingerprint density at radius 2 is 1.72 bits per heavy atom. The van der Waals surface area contributed by atoms with Crippen LogP contribution in [0.15, 0.2) is 47.6 Å². The topological polar surface area (TPSA) is 109 Å². The van der Waals surface area contributed by atoms with Gasteiger partial charge in [0.2, 0.25) is 5.91 Å². The van der Waals surface area contributed by atoms with Gasteiger partial charge in [-0.15, -0.1) is 0 Å². The molecule has 1 amide bonds. The van der Waals surface area contributed by atoms with Crippen LogP contribution in [-0.2, 0) is 23.8 Å². The third-order valence-electron chi connectivity index (χ3n) is 9.43. The van der Waals surface area contributed by atoms with Gasteiger partial charge < -0.3 is 24.9 Å². The van der Waals surface area contributed by atoms with E-state index in [1.807, 2.05) is 38.1 Å². The molecule has 0 heterocycles. The molecular weight excluding hydrogens is 581 g/mol. The number of nitrogens with one attached hydrogen (secondary N) is 2. The zero-order valence-corrected chi connectivity index (χ0v) is 28.1. The number of fused-ring (bicyclic) bond motifs is 3. The molecule has 0 radical (unpaired) electrons. The fourth-order valence-electron chi connectivity index (χ4n) is 7.02. The predicted octanol–water partition coefficient (Wildman–Crippen LogP) is 7.72. The second-order valence-corrected chi connectivity index (χ2v) is 15.1. The molecule has 4 rings (SSSR count). The molecule has 1 saturated carbocycles. The van der Waals surface area contributed by atoms with E-state index in [9.17, 15) is 14.6 Å². The maximum Gasteiger partial charge on any atom is 0.357 e. The number of hydrogen-bond acceptors (Lipinski definition) is 7. The highest BCUT2D eigenvalue weighted by atomic mass is 32.1. The van der Waals surface area contributed by atoms with E-state index in [-0.39, 0.29) is 35.6 Å².